The third-order valence-electron chi connectivity index (χ3n) is 5.19. The largest absolute Gasteiger partial charge is 0.481 e. The molecule has 4 nitrogen and oxygen atoms in total. The van der Waals surface area contributed by atoms with Crippen LogP contribution in [0, 0.1) is 5.82 Å². The van der Waals surface area contributed by atoms with Crippen molar-refractivity contribution < 1.29 is 13.9 Å². The summed E-state index contributed by atoms with van der Waals surface area (Å²) in [6, 6.07) is 17.9. The van der Waals surface area contributed by atoms with Crippen molar-refractivity contribution >= 4 is 5.91 Å². The Hall–Kier alpha value is -3.21. The van der Waals surface area contributed by atoms with E-state index in [4.69, 9.17) is 4.74 Å². The van der Waals surface area contributed by atoms with Crippen LogP contribution in [0.5, 0.6) is 5.88 Å². The Morgan fingerprint density at radius 2 is 1.89 bits per heavy atom. The zero-order chi connectivity index (χ0) is 19.5. The van der Waals surface area contributed by atoms with Crippen LogP contribution in [-0.2, 0) is 0 Å². The van der Waals surface area contributed by atoms with Gasteiger partial charge < -0.3 is 9.64 Å². The number of halogens is 1. The average molecular weight is 376 g/mol. The van der Waals surface area contributed by atoms with E-state index in [1.54, 1.807) is 36.4 Å². The molecular formula is C23H21FN2O2. The van der Waals surface area contributed by atoms with Gasteiger partial charge in [-0.15, -0.1) is 0 Å². The number of methoxy groups -OCH3 is 1. The number of hydrogen-bond donors (Lipinski definition) is 0. The molecule has 1 saturated heterocycles. The van der Waals surface area contributed by atoms with E-state index in [-0.39, 0.29) is 17.5 Å². The number of carbonyl (C=O) groups excluding carboxylic acids is 1. The molecule has 3 aromatic rings. The number of nitrogens with zero attached hydrogens (tertiary/aromatic N) is 2. The van der Waals surface area contributed by atoms with Crippen molar-refractivity contribution in [2.24, 2.45) is 0 Å². The molecule has 1 aliphatic rings. The minimum absolute atomic E-state index is 0.0922. The van der Waals surface area contributed by atoms with Crippen molar-refractivity contribution in [1.82, 2.24) is 9.88 Å². The molecule has 142 valence electrons. The highest BCUT2D eigenvalue weighted by Crippen LogP contribution is 2.38. The van der Waals surface area contributed by atoms with E-state index in [2.05, 4.69) is 4.98 Å². The number of benzene rings is 2. The molecule has 1 fully saturated rings. The van der Waals surface area contributed by atoms with E-state index in [1.165, 1.54) is 6.07 Å². The zero-order valence-corrected chi connectivity index (χ0v) is 15.6. The van der Waals surface area contributed by atoms with Crippen molar-refractivity contribution in [3.05, 3.63) is 83.8 Å². The summed E-state index contributed by atoms with van der Waals surface area (Å²) < 4.78 is 19.3. The zero-order valence-electron chi connectivity index (χ0n) is 15.6. The maximum atomic E-state index is 14.2. The summed E-state index contributed by atoms with van der Waals surface area (Å²) in [6.07, 6.45) is 3.51. The molecule has 2 heterocycles. The summed E-state index contributed by atoms with van der Waals surface area (Å²) in [5.41, 5.74) is 3.16. The van der Waals surface area contributed by atoms with E-state index < -0.39 is 5.82 Å². The molecule has 1 unspecified atom stereocenters. The summed E-state index contributed by atoms with van der Waals surface area (Å²) in [6.45, 7) is 0.618. The number of ether oxygens (including phenoxy) is 1. The van der Waals surface area contributed by atoms with Gasteiger partial charge in [0.05, 0.1) is 18.7 Å². The Balaban J connectivity index is 1.70. The summed E-state index contributed by atoms with van der Waals surface area (Å²) >= 11 is 0. The first-order valence-corrected chi connectivity index (χ1v) is 9.34. The topological polar surface area (TPSA) is 42.4 Å². The summed E-state index contributed by atoms with van der Waals surface area (Å²) in [4.78, 5) is 19.1. The van der Waals surface area contributed by atoms with Gasteiger partial charge in [-0.05, 0) is 42.2 Å². The quantitative estimate of drug-likeness (QED) is 0.652. The van der Waals surface area contributed by atoms with Crippen LogP contribution in [0.15, 0.2) is 66.9 Å². The van der Waals surface area contributed by atoms with Gasteiger partial charge in [-0.2, -0.15) is 0 Å². The molecule has 0 N–H and O–H groups in total. The lowest BCUT2D eigenvalue weighted by Gasteiger charge is -2.27. The molecule has 1 atom stereocenters. The highest BCUT2D eigenvalue weighted by molar-refractivity contribution is 5.95. The van der Waals surface area contributed by atoms with Gasteiger partial charge >= 0.3 is 0 Å². The average Bonchev–Trinajstić information content (AvgIpc) is 3.23. The van der Waals surface area contributed by atoms with Gasteiger partial charge in [-0.1, -0.05) is 36.4 Å². The molecule has 0 saturated carbocycles. The Morgan fingerprint density at radius 3 is 2.64 bits per heavy atom. The molecule has 0 radical (unpaired) electrons. The third kappa shape index (κ3) is 3.36. The number of aromatic nitrogens is 1. The fourth-order valence-corrected chi connectivity index (χ4v) is 3.83. The predicted molar refractivity (Wildman–Crippen MR) is 106 cm³/mol. The molecule has 1 aliphatic heterocycles. The number of likely N-dealkylation sites (tertiary alicyclic amines) is 1. The number of hydrogen-bond acceptors (Lipinski definition) is 3. The van der Waals surface area contributed by atoms with E-state index in [0.29, 0.717) is 12.4 Å². The lowest BCUT2D eigenvalue weighted by molar-refractivity contribution is 0.0731. The molecule has 0 bridgehead atoms. The van der Waals surface area contributed by atoms with Crippen molar-refractivity contribution in [3.8, 4) is 17.0 Å². The fourth-order valence-electron chi connectivity index (χ4n) is 3.83. The lowest BCUT2D eigenvalue weighted by atomic mass is 9.94. The summed E-state index contributed by atoms with van der Waals surface area (Å²) in [7, 11) is 1.58. The Kier molecular flexibility index (Phi) is 5.06. The van der Waals surface area contributed by atoms with E-state index in [0.717, 1.165) is 29.5 Å². The van der Waals surface area contributed by atoms with Gasteiger partial charge in [0.25, 0.3) is 5.91 Å². The molecule has 0 aliphatic carbocycles. The predicted octanol–water partition coefficient (Wildman–Crippen LogP) is 4.87. The monoisotopic (exact) mass is 376 g/mol. The second-order valence-corrected chi connectivity index (χ2v) is 6.81. The van der Waals surface area contributed by atoms with Gasteiger partial charge in [-0.3, -0.25) is 4.79 Å². The number of amides is 1. The van der Waals surface area contributed by atoms with Gasteiger partial charge in [-0.25, -0.2) is 9.37 Å². The van der Waals surface area contributed by atoms with Crippen LogP contribution >= 0.6 is 0 Å². The maximum absolute atomic E-state index is 14.2. The van der Waals surface area contributed by atoms with Gasteiger partial charge in [0.2, 0.25) is 5.88 Å². The van der Waals surface area contributed by atoms with Crippen LogP contribution < -0.4 is 4.74 Å². The standard InChI is InChI=1S/C23H21FN2O2/c1-28-22-13-12-16(15-25-22)17-7-2-3-8-18(17)21-11-6-14-26(21)23(27)19-9-4-5-10-20(19)24/h2-5,7-10,12-13,15,21H,6,11,14H2,1H3. The van der Waals surface area contributed by atoms with Gasteiger partial charge in [0, 0.05) is 24.4 Å². The first kappa shape index (κ1) is 18.2. The molecule has 1 aromatic heterocycles. The molecule has 1 amide bonds. The van der Waals surface area contributed by atoms with Crippen molar-refractivity contribution in [3.63, 3.8) is 0 Å². The van der Waals surface area contributed by atoms with Crippen molar-refractivity contribution in [2.45, 2.75) is 18.9 Å². The van der Waals surface area contributed by atoms with Crippen LogP contribution in [0.1, 0.15) is 34.8 Å². The van der Waals surface area contributed by atoms with E-state index >= 15 is 0 Å². The molecule has 0 spiro atoms. The van der Waals surface area contributed by atoms with Crippen LogP contribution in [-0.4, -0.2) is 29.4 Å². The number of rotatable bonds is 4. The SMILES string of the molecule is COc1ccc(-c2ccccc2C2CCCN2C(=O)c2ccccc2F)cn1. The smallest absolute Gasteiger partial charge is 0.257 e. The summed E-state index contributed by atoms with van der Waals surface area (Å²) in [5.74, 6) is -0.187. The fraction of sp³-hybridized carbons (Fsp3) is 0.217. The Morgan fingerprint density at radius 1 is 1.11 bits per heavy atom. The second kappa shape index (κ2) is 7.80. The van der Waals surface area contributed by atoms with Crippen molar-refractivity contribution in [2.75, 3.05) is 13.7 Å². The van der Waals surface area contributed by atoms with Crippen LogP contribution in [0.25, 0.3) is 11.1 Å². The van der Waals surface area contributed by atoms with E-state index in [1.807, 2.05) is 36.4 Å². The Labute approximate surface area is 163 Å². The molecule has 28 heavy (non-hydrogen) atoms. The molecular weight excluding hydrogens is 355 g/mol. The van der Waals surface area contributed by atoms with Gasteiger partial charge in [0.1, 0.15) is 5.82 Å². The highest BCUT2D eigenvalue weighted by atomic mass is 19.1. The number of pyridine rings is 1. The highest BCUT2D eigenvalue weighted by Gasteiger charge is 2.33. The Bertz CT molecular complexity index is 988. The molecule has 2 aromatic carbocycles. The summed E-state index contributed by atoms with van der Waals surface area (Å²) in [5, 5.41) is 0. The first-order chi connectivity index (χ1) is 13.7. The second-order valence-electron chi connectivity index (χ2n) is 6.81. The molecule has 5 heteroatoms. The van der Waals surface area contributed by atoms with Crippen molar-refractivity contribution in [1.29, 1.82) is 0 Å². The minimum atomic E-state index is -0.481. The number of carbonyl (C=O) groups is 1. The van der Waals surface area contributed by atoms with Crippen LogP contribution in [0.3, 0.4) is 0 Å². The van der Waals surface area contributed by atoms with Gasteiger partial charge in [0.15, 0.2) is 0 Å². The van der Waals surface area contributed by atoms with Crippen LogP contribution in [0.4, 0.5) is 4.39 Å². The maximum Gasteiger partial charge on any atom is 0.257 e. The van der Waals surface area contributed by atoms with Crippen LogP contribution in [0.2, 0.25) is 0 Å². The lowest BCUT2D eigenvalue weighted by Crippen LogP contribution is -2.31. The molecule has 4 rings (SSSR count). The third-order valence-corrected chi connectivity index (χ3v) is 5.19. The first-order valence-electron chi connectivity index (χ1n) is 9.34. The normalized spacial score (nSPS) is 16.2. The van der Waals surface area contributed by atoms with E-state index in [9.17, 15) is 9.18 Å². The minimum Gasteiger partial charge on any atom is -0.481 e.